The van der Waals surface area contributed by atoms with Crippen molar-refractivity contribution in [1.82, 2.24) is 4.98 Å². The van der Waals surface area contributed by atoms with Gasteiger partial charge in [0.15, 0.2) is 0 Å². The van der Waals surface area contributed by atoms with Gasteiger partial charge >= 0.3 is 0 Å². The molecule has 2 rings (SSSR count). The molecule has 100 valence electrons. The van der Waals surface area contributed by atoms with Crippen LogP contribution in [0.25, 0.3) is 0 Å². The van der Waals surface area contributed by atoms with Gasteiger partial charge in [0.25, 0.3) is 0 Å². The van der Waals surface area contributed by atoms with Crippen LogP contribution in [0.3, 0.4) is 0 Å². The van der Waals surface area contributed by atoms with E-state index in [1.54, 1.807) is 11.8 Å². The van der Waals surface area contributed by atoms with Gasteiger partial charge in [0.1, 0.15) is 5.03 Å². The first kappa shape index (κ1) is 14.1. The van der Waals surface area contributed by atoms with Gasteiger partial charge in [-0.3, -0.25) is 0 Å². The van der Waals surface area contributed by atoms with Crippen LogP contribution < -0.4 is 5.73 Å². The average Bonchev–Trinajstić information content (AvgIpc) is 2.35. The third-order valence-electron chi connectivity index (χ3n) is 2.95. The Morgan fingerprint density at radius 2 is 1.89 bits per heavy atom. The van der Waals surface area contributed by atoms with Gasteiger partial charge in [-0.2, -0.15) is 0 Å². The second kappa shape index (κ2) is 6.22. The molecule has 19 heavy (non-hydrogen) atoms. The zero-order valence-electron chi connectivity index (χ0n) is 11.7. The Kier molecular flexibility index (Phi) is 4.61. The van der Waals surface area contributed by atoms with Crippen LogP contribution in [-0.2, 0) is 5.75 Å². The van der Waals surface area contributed by atoms with E-state index in [2.05, 4.69) is 43.1 Å². The van der Waals surface area contributed by atoms with Gasteiger partial charge in [0, 0.05) is 23.6 Å². The lowest BCUT2D eigenvalue weighted by molar-refractivity contribution is 0.779. The number of hydrogen-bond donors (Lipinski definition) is 1. The minimum Gasteiger partial charge on any atom is -0.324 e. The number of nitrogens with two attached hydrogens (primary N) is 1. The number of aryl methyl sites for hydroxylation is 2. The van der Waals surface area contributed by atoms with E-state index in [-0.39, 0.29) is 6.04 Å². The van der Waals surface area contributed by atoms with Crippen molar-refractivity contribution >= 4 is 11.8 Å². The van der Waals surface area contributed by atoms with Crippen molar-refractivity contribution in [2.75, 3.05) is 0 Å². The van der Waals surface area contributed by atoms with Gasteiger partial charge in [-0.15, -0.1) is 11.8 Å². The first-order valence-electron chi connectivity index (χ1n) is 6.46. The fraction of sp³-hybridized carbons (Fsp3) is 0.312. The van der Waals surface area contributed by atoms with Crippen LogP contribution in [0.5, 0.6) is 0 Å². The van der Waals surface area contributed by atoms with E-state index >= 15 is 0 Å². The van der Waals surface area contributed by atoms with Crippen molar-refractivity contribution in [2.45, 2.75) is 37.6 Å². The van der Waals surface area contributed by atoms with Crippen molar-refractivity contribution in [3.05, 3.63) is 58.8 Å². The van der Waals surface area contributed by atoms with Crippen molar-refractivity contribution in [1.29, 1.82) is 0 Å². The molecular weight excluding hydrogens is 252 g/mol. The fourth-order valence-electron chi connectivity index (χ4n) is 2.17. The maximum Gasteiger partial charge on any atom is 0.101 e. The van der Waals surface area contributed by atoms with Gasteiger partial charge in [-0.1, -0.05) is 35.4 Å². The largest absolute Gasteiger partial charge is 0.324 e. The Hall–Kier alpha value is -1.32. The Morgan fingerprint density at radius 3 is 2.53 bits per heavy atom. The topological polar surface area (TPSA) is 38.9 Å². The van der Waals surface area contributed by atoms with Crippen LogP contribution in [0.1, 0.15) is 35.2 Å². The molecule has 0 saturated carbocycles. The highest BCUT2D eigenvalue weighted by Crippen LogP contribution is 2.27. The number of hydrogen-bond acceptors (Lipinski definition) is 3. The maximum atomic E-state index is 5.98. The minimum absolute atomic E-state index is 0.0236. The summed E-state index contributed by atoms with van der Waals surface area (Å²) in [5.41, 5.74) is 11.1. The summed E-state index contributed by atoms with van der Waals surface area (Å²) < 4.78 is 0. The molecule has 1 heterocycles. The molecule has 0 aliphatic carbocycles. The summed E-state index contributed by atoms with van der Waals surface area (Å²) in [5.74, 6) is 0.930. The van der Waals surface area contributed by atoms with Gasteiger partial charge in [-0.05, 0) is 32.4 Å². The molecule has 2 aromatic rings. The third kappa shape index (κ3) is 3.82. The summed E-state index contributed by atoms with van der Waals surface area (Å²) in [7, 11) is 0. The highest BCUT2D eigenvalue weighted by molar-refractivity contribution is 7.98. The zero-order chi connectivity index (χ0) is 13.8. The molecule has 0 fully saturated rings. The van der Waals surface area contributed by atoms with Crippen LogP contribution in [-0.4, -0.2) is 4.98 Å². The smallest absolute Gasteiger partial charge is 0.101 e. The van der Waals surface area contributed by atoms with E-state index < -0.39 is 0 Å². The molecule has 0 amide bonds. The van der Waals surface area contributed by atoms with Crippen LogP contribution >= 0.6 is 11.8 Å². The summed E-state index contributed by atoms with van der Waals surface area (Å²) in [6, 6.07) is 10.7. The van der Waals surface area contributed by atoms with E-state index in [0.717, 1.165) is 16.3 Å². The molecular formula is C16H20N2S. The quantitative estimate of drug-likeness (QED) is 0.855. The Bertz CT molecular complexity index is 544. The molecule has 2 N–H and O–H groups in total. The summed E-state index contributed by atoms with van der Waals surface area (Å²) in [6.07, 6.45) is 1.83. The number of benzene rings is 1. The van der Waals surface area contributed by atoms with E-state index in [4.69, 9.17) is 5.73 Å². The van der Waals surface area contributed by atoms with Gasteiger partial charge < -0.3 is 5.73 Å². The molecule has 1 aromatic heterocycles. The van der Waals surface area contributed by atoms with Crippen LogP contribution in [0.4, 0.5) is 0 Å². The highest BCUT2D eigenvalue weighted by atomic mass is 32.2. The van der Waals surface area contributed by atoms with Crippen molar-refractivity contribution in [2.24, 2.45) is 5.73 Å². The summed E-state index contributed by atoms with van der Waals surface area (Å²) >= 11 is 1.75. The van der Waals surface area contributed by atoms with E-state index in [0.29, 0.717) is 0 Å². The second-order valence-electron chi connectivity index (χ2n) is 4.97. The van der Waals surface area contributed by atoms with E-state index in [9.17, 15) is 0 Å². The van der Waals surface area contributed by atoms with Crippen LogP contribution in [0.15, 0.2) is 41.6 Å². The third-order valence-corrected chi connectivity index (χ3v) is 4.04. The maximum absolute atomic E-state index is 5.98. The summed E-state index contributed by atoms with van der Waals surface area (Å²) in [4.78, 5) is 4.44. The van der Waals surface area contributed by atoms with Crippen molar-refractivity contribution in [3.8, 4) is 0 Å². The first-order valence-corrected chi connectivity index (χ1v) is 7.45. The van der Waals surface area contributed by atoms with E-state index in [1.165, 1.54) is 16.7 Å². The molecule has 1 unspecified atom stereocenters. The Morgan fingerprint density at radius 1 is 1.21 bits per heavy atom. The lowest BCUT2D eigenvalue weighted by atomic mass is 10.1. The predicted molar refractivity (Wildman–Crippen MR) is 82.3 cm³/mol. The number of nitrogens with zero attached hydrogens (tertiary/aromatic N) is 1. The van der Waals surface area contributed by atoms with Crippen molar-refractivity contribution in [3.63, 3.8) is 0 Å². The van der Waals surface area contributed by atoms with E-state index in [1.807, 2.05) is 19.2 Å². The molecule has 1 atom stereocenters. The molecule has 0 aliphatic heterocycles. The van der Waals surface area contributed by atoms with Crippen LogP contribution in [0.2, 0.25) is 0 Å². The monoisotopic (exact) mass is 272 g/mol. The van der Waals surface area contributed by atoms with Gasteiger partial charge in [0.2, 0.25) is 0 Å². The molecule has 0 bridgehead atoms. The molecule has 1 aromatic carbocycles. The zero-order valence-corrected chi connectivity index (χ0v) is 12.5. The fourth-order valence-corrected chi connectivity index (χ4v) is 3.20. The number of aromatic nitrogens is 1. The highest BCUT2D eigenvalue weighted by Gasteiger charge is 2.08. The normalized spacial score (nSPS) is 12.4. The van der Waals surface area contributed by atoms with Gasteiger partial charge in [0.05, 0.1) is 0 Å². The molecule has 0 spiro atoms. The summed E-state index contributed by atoms with van der Waals surface area (Å²) in [5, 5.41) is 1.04. The number of rotatable bonds is 4. The SMILES string of the molecule is Cc1cc(C)cc(CSc2ncccc2C(C)N)c1. The average molecular weight is 272 g/mol. The molecule has 0 radical (unpaired) electrons. The Balaban J connectivity index is 2.14. The number of thioether (sulfide) groups is 1. The molecule has 0 aliphatic rings. The van der Waals surface area contributed by atoms with Crippen LogP contribution in [0, 0.1) is 13.8 Å². The minimum atomic E-state index is 0.0236. The molecule has 0 saturated heterocycles. The lowest BCUT2D eigenvalue weighted by Crippen LogP contribution is -2.07. The molecule has 3 heteroatoms. The molecule has 2 nitrogen and oxygen atoms in total. The van der Waals surface area contributed by atoms with Crippen molar-refractivity contribution < 1.29 is 0 Å². The Labute approximate surface area is 119 Å². The lowest BCUT2D eigenvalue weighted by Gasteiger charge is -2.11. The first-order chi connectivity index (χ1) is 9.06. The van der Waals surface area contributed by atoms with Gasteiger partial charge in [-0.25, -0.2) is 4.98 Å². The summed E-state index contributed by atoms with van der Waals surface area (Å²) in [6.45, 7) is 6.27. The standard InChI is InChI=1S/C16H20N2S/c1-11-7-12(2)9-14(8-11)10-19-16-15(13(3)17)5-4-6-18-16/h4-9,13H,10,17H2,1-3H3. The number of pyridine rings is 1. The predicted octanol–water partition coefficient (Wildman–Crippen LogP) is 4.01. The second-order valence-corrected chi connectivity index (χ2v) is 5.94.